The number of rotatable bonds is 6. The van der Waals surface area contributed by atoms with Crippen LogP contribution in [-0.2, 0) is 17.9 Å². The molecule has 0 fully saturated rings. The summed E-state index contributed by atoms with van der Waals surface area (Å²) in [5, 5.41) is 7.04. The fourth-order valence-electron chi connectivity index (χ4n) is 2.74. The number of fused-ring (bicyclic) bond motifs is 1. The Morgan fingerprint density at radius 3 is 2.92 bits per heavy atom. The van der Waals surface area contributed by atoms with E-state index in [4.69, 9.17) is 8.83 Å². The maximum atomic E-state index is 12.1. The fourth-order valence-corrected chi connectivity index (χ4v) is 2.74. The van der Waals surface area contributed by atoms with Crippen LogP contribution in [0.15, 0.2) is 68.9 Å². The van der Waals surface area contributed by atoms with Crippen LogP contribution in [0, 0.1) is 0 Å². The third-order valence-electron chi connectivity index (χ3n) is 4.03. The number of carbonyl (C=O) groups is 1. The predicted octanol–water partition coefficient (Wildman–Crippen LogP) is 1.87. The van der Waals surface area contributed by atoms with E-state index < -0.39 is 5.76 Å². The highest BCUT2D eigenvalue weighted by atomic mass is 16.4. The van der Waals surface area contributed by atoms with Crippen LogP contribution in [0.4, 0.5) is 0 Å². The highest BCUT2D eigenvalue weighted by Crippen LogP contribution is 2.18. The Kier molecular flexibility index (Phi) is 4.14. The van der Waals surface area contributed by atoms with Gasteiger partial charge in [0.25, 0.3) is 0 Å². The first-order chi connectivity index (χ1) is 12.7. The summed E-state index contributed by atoms with van der Waals surface area (Å²) in [5.41, 5.74) is 2.96. The van der Waals surface area contributed by atoms with Crippen LogP contribution in [0.2, 0.25) is 0 Å². The molecule has 0 radical (unpaired) electrons. The molecule has 4 aromatic rings. The summed E-state index contributed by atoms with van der Waals surface area (Å²) >= 11 is 0. The second-order valence-electron chi connectivity index (χ2n) is 5.78. The smallest absolute Gasteiger partial charge is 0.420 e. The number of furan rings is 1. The number of para-hydroxylation sites is 2. The minimum absolute atomic E-state index is 0.0881. The number of hydrogen-bond acceptors (Lipinski definition) is 5. The van der Waals surface area contributed by atoms with Crippen LogP contribution in [0.3, 0.4) is 0 Å². The molecule has 0 aliphatic heterocycles. The SMILES string of the molecule is O=C(Cn1c(=O)oc2ccccc21)NCCn1cc(-c2ccoc2)cn1. The Hall–Kier alpha value is -3.55. The van der Waals surface area contributed by atoms with Gasteiger partial charge in [-0.05, 0) is 18.2 Å². The Bertz CT molecular complexity index is 1090. The number of oxazole rings is 1. The van der Waals surface area contributed by atoms with Gasteiger partial charge in [0.1, 0.15) is 6.54 Å². The largest absolute Gasteiger partial charge is 0.472 e. The molecule has 0 aliphatic carbocycles. The van der Waals surface area contributed by atoms with Gasteiger partial charge in [0, 0.05) is 23.9 Å². The van der Waals surface area contributed by atoms with E-state index in [1.807, 2.05) is 12.3 Å². The van der Waals surface area contributed by atoms with Crippen LogP contribution in [-0.4, -0.2) is 26.8 Å². The zero-order chi connectivity index (χ0) is 17.9. The van der Waals surface area contributed by atoms with E-state index in [1.54, 1.807) is 47.7 Å². The van der Waals surface area contributed by atoms with Gasteiger partial charge in [-0.3, -0.25) is 14.0 Å². The normalized spacial score (nSPS) is 11.1. The lowest BCUT2D eigenvalue weighted by molar-refractivity contribution is -0.121. The molecule has 0 spiro atoms. The third-order valence-corrected chi connectivity index (χ3v) is 4.03. The molecule has 8 heteroatoms. The Balaban J connectivity index is 1.34. The van der Waals surface area contributed by atoms with Crippen molar-refractivity contribution < 1.29 is 13.6 Å². The van der Waals surface area contributed by atoms with Crippen molar-refractivity contribution in [2.75, 3.05) is 6.54 Å². The van der Waals surface area contributed by atoms with Gasteiger partial charge >= 0.3 is 5.76 Å². The number of hydrogen-bond donors (Lipinski definition) is 1. The highest BCUT2D eigenvalue weighted by molar-refractivity contribution is 5.79. The number of nitrogens with zero attached hydrogens (tertiary/aromatic N) is 3. The molecular weight excluding hydrogens is 336 g/mol. The van der Waals surface area contributed by atoms with Crippen molar-refractivity contribution in [3.8, 4) is 11.1 Å². The van der Waals surface area contributed by atoms with Crippen LogP contribution in [0.1, 0.15) is 0 Å². The van der Waals surface area contributed by atoms with Gasteiger partial charge in [-0.2, -0.15) is 5.10 Å². The van der Waals surface area contributed by atoms with Crippen molar-refractivity contribution in [1.82, 2.24) is 19.7 Å². The summed E-state index contributed by atoms with van der Waals surface area (Å²) in [4.78, 5) is 24.0. The molecule has 0 unspecified atom stereocenters. The Labute approximate surface area is 147 Å². The van der Waals surface area contributed by atoms with Crippen LogP contribution in [0.5, 0.6) is 0 Å². The maximum absolute atomic E-state index is 12.1. The van der Waals surface area contributed by atoms with E-state index in [2.05, 4.69) is 10.4 Å². The van der Waals surface area contributed by atoms with Crippen molar-refractivity contribution in [2.45, 2.75) is 13.1 Å². The topological polar surface area (TPSA) is 95.2 Å². The summed E-state index contributed by atoms with van der Waals surface area (Å²) in [6.07, 6.45) is 6.87. The van der Waals surface area contributed by atoms with Crippen LogP contribution in [0.25, 0.3) is 22.2 Å². The fraction of sp³-hybridized carbons (Fsp3) is 0.167. The molecule has 3 heterocycles. The van der Waals surface area contributed by atoms with Crippen molar-refractivity contribution in [3.63, 3.8) is 0 Å². The van der Waals surface area contributed by atoms with Gasteiger partial charge in [-0.15, -0.1) is 0 Å². The molecule has 26 heavy (non-hydrogen) atoms. The van der Waals surface area contributed by atoms with Crippen LogP contribution < -0.4 is 11.1 Å². The molecule has 3 aromatic heterocycles. The van der Waals surface area contributed by atoms with Gasteiger partial charge in [-0.25, -0.2) is 4.79 Å². The van der Waals surface area contributed by atoms with Gasteiger partial charge in [-0.1, -0.05) is 12.1 Å². The monoisotopic (exact) mass is 352 g/mol. The molecule has 0 bridgehead atoms. The number of benzene rings is 1. The average molecular weight is 352 g/mol. The molecule has 0 aliphatic rings. The predicted molar refractivity (Wildman–Crippen MR) is 93.4 cm³/mol. The lowest BCUT2D eigenvalue weighted by atomic mass is 10.2. The van der Waals surface area contributed by atoms with Gasteiger partial charge in [0.2, 0.25) is 5.91 Å². The maximum Gasteiger partial charge on any atom is 0.420 e. The number of nitrogens with one attached hydrogen (secondary N) is 1. The first kappa shape index (κ1) is 15.9. The van der Waals surface area contributed by atoms with Crippen LogP contribution >= 0.6 is 0 Å². The van der Waals surface area contributed by atoms with Gasteiger partial charge in [0.05, 0.1) is 30.8 Å². The van der Waals surface area contributed by atoms with Crippen molar-refractivity contribution in [3.05, 3.63) is 65.8 Å². The van der Waals surface area contributed by atoms with E-state index in [0.717, 1.165) is 11.1 Å². The molecule has 4 rings (SSSR count). The molecule has 0 saturated heterocycles. The molecule has 1 aromatic carbocycles. The zero-order valence-electron chi connectivity index (χ0n) is 13.8. The average Bonchev–Trinajstić information content (AvgIpc) is 3.36. The molecule has 0 saturated carbocycles. The number of amides is 1. The number of carbonyl (C=O) groups excluding carboxylic acids is 1. The first-order valence-electron chi connectivity index (χ1n) is 8.11. The van der Waals surface area contributed by atoms with Gasteiger partial charge in [0.15, 0.2) is 5.58 Å². The molecule has 0 atom stereocenters. The summed E-state index contributed by atoms with van der Waals surface area (Å²) in [6, 6.07) is 8.86. The van der Waals surface area contributed by atoms with Crippen molar-refractivity contribution >= 4 is 17.0 Å². The second kappa shape index (κ2) is 6.75. The molecular formula is C18H16N4O4. The van der Waals surface area contributed by atoms with E-state index in [0.29, 0.717) is 24.2 Å². The Morgan fingerprint density at radius 2 is 2.08 bits per heavy atom. The van der Waals surface area contributed by atoms with E-state index >= 15 is 0 Å². The first-order valence-corrected chi connectivity index (χ1v) is 8.11. The molecule has 8 nitrogen and oxygen atoms in total. The van der Waals surface area contributed by atoms with E-state index in [9.17, 15) is 9.59 Å². The summed E-state index contributed by atoms with van der Waals surface area (Å²) < 4.78 is 13.2. The van der Waals surface area contributed by atoms with Crippen molar-refractivity contribution in [1.29, 1.82) is 0 Å². The second-order valence-corrected chi connectivity index (χ2v) is 5.78. The summed E-state index contributed by atoms with van der Waals surface area (Å²) in [5.74, 6) is -0.806. The van der Waals surface area contributed by atoms with E-state index in [1.165, 1.54) is 4.57 Å². The molecule has 1 N–H and O–H groups in total. The third kappa shape index (κ3) is 3.16. The highest BCUT2D eigenvalue weighted by Gasteiger charge is 2.12. The Morgan fingerprint density at radius 1 is 1.19 bits per heavy atom. The molecule has 1 amide bonds. The lowest BCUT2D eigenvalue weighted by Crippen LogP contribution is -2.32. The lowest BCUT2D eigenvalue weighted by Gasteiger charge is -2.06. The summed E-state index contributed by atoms with van der Waals surface area (Å²) in [6.45, 7) is 0.829. The standard InChI is InChI=1S/C18H16N4O4/c23-17(11-22-15-3-1-2-4-16(15)26-18(22)24)19-6-7-21-10-14(9-20-21)13-5-8-25-12-13/h1-5,8-10,12H,6-7,11H2,(H,19,23). The summed E-state index contributed by atoms with van der Waals surface area (Å²) in [7, 11) is 0. The van der Waals surface area contributed by atoms with Crippen molar-refractivity contribution in [2.24, 2.45) is 0 Å². The minimum atomic E-state index is -0.543. The van der Waals surface area contributed by atoms with Gasteiger partial charge < -0.3 is 14.2 Å². The molecule has 132 valence electrons. The zero-order valence-corrected chi connectivity index (χ0v) is 13.8. The quantitative estimate of drug-likeness (QED) is 0.571. The number of aromatic nitrogens is 3. The van der Waals surface area contributed by atoms with E-state index in [-0.39, 0.29) is 12.5 Å². The minimum Gasteiger partial charge on any atom is -0.472 e.